The predicted octanol–water partition coefficient (Wildman–Crippen LogP) is 3.35. The van der Waals surface area contributed by atoms with E-state index in [9.17, 15) is 18.0 Å². The fraction of sp³-hybridized carbons (Fsp3) is 0.357. The Morgan fingerprint density at radius 1 is 1.27 bits per heavy atom. The minimum atomic E-state index is -4.84. The molecule has 0 fully saturated rings. The minimum absolute atomic E-state index is 0. The second-order valence-electron chi connectivity index (χ2n) is 4.88. The first kappa shape index (κ1) is 22.5. The monoisotopic (exact) mass is 431 g/mol. The normalized spacial score (nSPS) is 11.2. The summed E-state index contributed by atoms with van der Waals surface area (Å²) >= 11 is 11.6. The van der Waals surface area contributed by atoms with E-state index in [1.54, 1.807) is 0 Å². The maximum atomic E-state index is 13.5. The van der Waals surface area contributed by atoms with Crippen molar-refractivity contribution in [3.05, 3.63) is 39.8 Å². The molecule has 2 aromatic heterocycles. The Morgan fingerprint density at radius 3 is 2.54 bits per heavy atom. The number of amides is 1. The van der Waals surface area contributed by atoms with Crippen molar-refractivity contribution in [2.75, 3.05) is 19.6 Å². The van der Waals surface area contributed by atoms with E-state index in [-0.39, 0.29) is 34.8 Å². The molecule has 0 bridgehead atoms. The molecule has 0 aromatic carbocycles. The molecule has 2 N–H and O–H groups in total. The zero-order valence-corrected chi connectivity index (χ0v) is 15.7. The van der Waals surface area contributed by atoms with Gasteiger partial charge in [0.2, 0.25) is 0 Å². The molecule has 0 saturated carbocycles. The molecule has 0 saturated heterocycles. The summed E-state index contributed by atoms with van der Waals surface area (Å²) in [5, 5.41) is 9.03. The molecule has 0 radical (unpaired) electrons. The molecule has 2 rings (SSSR count). The van der Waals surface area contributed by atoms with Crippen LogP contribution in [0.5, 0.6) is 0 Å². The van der Waals surface area contributed by atoms with Crippen molar-refractivity contribution in [3.63, 3.8) is 0 Å². The van der Waals surface area contributed by atoms with Gasteiger partial charge in [-0.05, 0) is 12.6 Å². The summed E-state index contributed by atoms with van der Waals surface area (Å²) in [7, 11) is 0. The Bertz CT molecular complexity index is 767. The summed E-state index contributed by atoms with van der Waals surface area (Å²) in [4.78, 5) is 15.9. The summed E-state index contributed by atoms with van der Waals surface area (Å²) in [5.74, 6) is -1.16. The highest BCUT2D eigenvalue weighted by Crippen LogP contribution is 2.34. The summed E-state index contributed by atoms with van der Waals surface area (Å²) < 4.78 is 41.0. The van der Waals surface area contributed by atoms with Gasteiger partial charge in [-0.15, -0.1) is 12.4 Å². The average Bonchev–Trinajstić information content (AvgIpc) is 2.96. The van der Waals surface area contributed by atoms with E-state index in [1.807, 2.05) is 6.92 Å². The Hall–Kier alpha value is -1.55. The lowest BCUT2D eigenvalue weighted by Gasteiger charge is -2.13. The number of carbonyl (C=O) groups excluding carboxylic acids is 1. The third-order valence-electron chi connectivity index (χ3n) is 3.11. The van der Waals surface area contributed by atoms with Crippen molar-refractivity contribution in [1.82, 2.24) is 25.4 Å². The van der Waals surface area contributed by atoms with Crippen LogP contribution in [0.2, 0.25) is 10.0 Å². The number of nitrogens with zero attached hydrogens (tertiary/aromatic N) is 3. The summed E-state index contributed by atoms with van der Waals surface area (Å²) in [6, 6.07) is 1.24. The molecule has 0 aliphatic rings. The van der Waals surface area contributed by atoms with Crippen LogP contribution < -0.4 is 10.6 Å². The smallest absolute Gasteiger partial charge is 0.351 e. The summed E-state index contributed by atoms with van der Waals surface area (Å²) in [6.45, 7) is 3.16. The molecule has 0 atom stereocenters. The van der Waals surface area contributed by atoms with Crippen molar-refractivity contribution >= 4 is 41.5 Å². The first-order chi connectivity index (χ1) is 11.8. The van der Waals surface area contributed by atoms with Gasteiger partial charge in [0.1, 0.15) is 0 Å². The number of halogens is 6. The molecule has 0 aliphatic carbocycles. The van der Waals surface area contributed by atoms with Gasteiger partial charge in [-0.3, -0.25) is 4.79 Å². The van der Waals surface area contributed by atoms with E-state index >= 15 is 0 Å². The van der Waals surface area contributed by atoms with Crippen LogP contribution in [0.15, 0.2) is 18.5 Å². The van der Waals surface area contributed by atoms with Gasteiger partial charge < -0.3 is 10.6 Å². The molecule has 26 heavy (non-hydrogen) atoms. The number of carbonyl (C=O) groups is 1. The number of nitrogens with one attached hydrogen (secondary N) is 2. The number of alkyl halides is 3. The molecule has 0 unspecified atom stereocenters. The van der Waals surface area contributed by atoms with Crippen LogP contribution >= 0.6 is 35.6 Å². The number of likely N-dealkylation sites (N-methyl/N-ethyl adjacent to an activating group) is 1. The van der Waals surface area contributed by atoms with Crippen molar-refractivity contribution in [2.45, 2.75) is 13.1 Å². The Kier molecular flexibility index (Phi) is 8.14. The van der Waals surface area contributed by atoms with Gasteiger partial charge in [-0.1, -0.05) is 30.1 Å². The third kappa shape index (κ3) is 5.23. The van der Waals surface area contributed by atoms with Crippen LogP contribution in [0.4, 0.5) is 13.2 Å². The quantitative estimate of drug-likeness (QED) is 0.687. The SMILES string of the molecule is CCNCCNC(=O)c1cnn(-c2ncc(Cl)cc2Cl)c1C(F)(F)F.Cl. The lowest BCUT2D eigenvalue weighted by atomic mass is 10.2. The largest absolute Gasteiger partial charge is 0.434 e. The molecule has 0 aliphatic heterocycles. The summed E-state index contributed by atoms with van der Waals surface area (Å²) in [5.41, 5.74) is -1.87. The van der Waals surface area contributed by atoms with Gasteiger partial charge in [0.25, 0.3) is 5.91 Å². The van der Waals surface area contributed by atoms with Gasteiger partial charge in [0, 0.05) is 19.3 Å². The van der Waals surface area contributed by atoms with Crippen LogP contribution in [0.1, 0.15) is 23.0 Å². The zero-order valence-electron chi connectivity index (χ0n) is 13.4. The second kappa shape index (κ2) is 9.40. The van der Waals surface area contributed by atoms with Crippen LogP contribution in [0.25, 0.3) is 5.82 Å². The number of aromatic nitrogens is 3. The Morgan fingerprint density at radius 2 is 1.96 bits per heavy atom. The lowest BCUT2D eigenvalue weighted by molar-refractivity contribution is -0.143. The number of hydrogen-bond donors (Lipinski definition) is 2. The predicted molar refractivity (Wildman–Crippen MR) is 94.5 cm³/mol. The maximum absolute atomic E-state index is 13.5. The second-order valence-corrected chi connectivity index (χ2v) is 5.73. The number of hydrogen-bond acceptors (Lipinski definition) is 4. The van der Waals surface area contributed by atoms with E-state index < -0.39 is 23.3 Å². The lowest BCUT2D eigenvalue weighted by Crippen LogP contribution is -2.33. The highest BCUT2D eigenvalue weighted by atomic mass is 35.5. The van der Waals surface area contributed by atoms with Crippen LogP contribution in [-0.4, -0.2) is 40.3 Å². The van der Waals surface area contributed by atoms with E-state index in [4.69, 9.17) is 23.2 Å². The van der Waals surface area contributed by atoms with Crippen molar-refractivity contribution < 1.29 is 18.0 Å². The third-order valence-corrected chi connectivity index (χ3v) is 3.59. The van der Waals surface area contributed by atoms with E-state index in [0.717, 1.165) is 12.4 Å². The standard InChI is InChI=1S/C14H14Cl2F3N5O.ClH/c1-2-20-3-4-21-13(25)9-7-23-24(11(9)14(17,18)19)12-10(16)5-8(15)6-22-12;/h5-7,20H,2-4H2,1H3,(H,21,25);1H. The van der Waals surface area contributed by atoms with E-state index in [1.165, 1.54) is 6.07 Å². The first-order valence-corrected chi connectivity index (χ1v) is 7.96. The fourth-order valence-corrected chi connectivity index (χ4v) is 2.51. The van der Waals surface area contributed by atoms with Gasteiger partial charge in [0.15, 0.2) is 11.5 Å². The zero-order chi connectivity index (χ0) is 18.6. The topological polar surface area (TPSA) is 71.8 Å². The molecule has 6 nitrogen and oxygen atoms in total. The van der Waals surface area contributed by atoms with Crippen LogP contribution in [0.3, 0.4) is 0 Å². The van der Waals surface area contributed by atoms with E-state index in [0.29, 0.717) is 17.8 Å². The minimum Gasteiger partial charge on any atom is -0.351 e. The highest BCUT2D eigenvalue weighted by Gasteiger charge is 2.41. The van der Waals surface area contributed by atoms with Crippen molar-refractivity contribution in [3.8, 4) is 5.82 Å². The molecule has 1 amide bonds. The van der Waals surface area contributed by atoms with Crippen molar-refractivity contribution in [2.24, 2.45) is 0 Å². The van der Waals surface area contributed by atoms with Gasteiger partial charge in [-0.2, -0.15) is 18.3 Å². The summed E-state index contributed by atoms with van der Waals surface area (Å²) in [6.07, 6.45) is -2.87. The van der Waals surface area contributed by atoms with Crippen molar-refractivity contribution in [1.29, 1.82) is 0 Å². The first-order valence-electron chi connectivity index (χ1n) is 7.21. The molecule has 0 spiro atoms. The molecular weight excluding hydrogens is 418 g/mol. The molecule has 2 aromatic rings. The Balaban J connectivity index is 0.00000338. The van der Waals surface area contributed by atoms with Crippen LogP contribution in [-0.2, 0) is 6.18 Å². The van der Waals surface area contributed by atoms with E-state index in [2.05, 4.69) is 20.7 Å². The Labute approximate surface area is 163 Å². The molecule has 12 heteroatoms. The molecule has 144 valence electrons. The fourth-order valence-electron chi connectivity index (χ4n) is 2.05. The van der Waals surface area contributed by atoms with Gasteiger partial charge in [-0.25, -0.2) is 9.67 Å². The van der Waals surface area contributed by atoms with Gasteiger partial charge in [0.05, 0.1) is 21.8 Å². The maximum Gasteiger partial charge on any atom is 0.434 e. The number of pyridine rings is 1. The highest BCUT2D eigenvalue weighted by molar-refractivity contribution is 6.35. The number of rotatable bonds is 6. The van der Waals surface area contributed by atoms with Crippen LogP contribution in [0, 0.1) is 0 Å². The molecule has 2 heterocycles. The van der Waals surface area contributed by atoms with Gasteiger partial charge >= 0.3 is 6.18 Å². The average molecular weight is 433 g/mol. The molecular formula is C14H15Cl3F3N5O.